The summed E-state index contributed by atoms with van der Waals surface area (Å²) in [7, 11) is 0. The number of hydrogen-bond donors (Lipinski definition) is 0. The largest absolute Gasteiger partial charge is 0.473 e. The Kier molecular flexibility index (Phi) is 5.22. The second-order valence-corrected chi connectivity index (χ2v) is 7.70. The number of hydrogen-bond acceptors (Lipinski definition) is 7. The number of benzene rings is 1. The van der Waals surface area contributed by atoms with Gasteiger partial charge in [-0.15, -0.1) is 0 Å². The van der Waals surface area contributed by atoms with Gasteiger partial charge in [-0.25, -0.2) is 13.6 Å². The van der Waals surface area contributed by atoms with Crippen LogP contribution in [0.5, 0.6) is 17.4 Å². The van der Waals surface area contributed by atoms with Gasteiger partial charge in [0.2, 0.25) is 5.88 Å². The van der Waals surface area contributed by atoms with Crippen LogP contribution in [0.1, 0.15) is 11.3 Å². The van der Waals surface area contributed by atoms with Crippen molar-refractivity contribution in [1.29, 1.82) is 0 Å². The standard InChI is InChI=1S/C22H20F2N4O4/c1-13-2-3-15(9-25-13)32-21-17(23)6-14(7-18(21)24)12-31-19-8-20-27-4-5-30-16(10-27)11-28(20)22(29)26-19/h2-3,6-9,16H,4-5,10-12H2,1H3/t16-/m1/s1. The van der Waals surface area contributed by atoms with Crippen molar-refractivity contribution >= 4 is 5.82 Å². The van der Waals surface area contributed by atoms with Gasteiger partial charge in [0.15, 0.2) is 17.4 Å². The first-order valence-electron chi connectivity index (χ1n) is 10.2. The minimum atomic E-state index is -0.873. The minimum Gasteiger partial charge on any atom is -0.473 e. The third kappa shape index (κ3) is 4.01. The van der Waals surface area contributed by atoms with Gasteiger partial charge in [-0.05, 0) is 36.8 Å². The fourth-order valence-electron chi connectivity index (χ4n) is 3.81. The van der Waals surface area contributed by atoms with E-state index in [9.17, 15) is 13.6 Å². The Labute approximate surface area is 182 Å². The molecule has 1 aromatic carbocycles. The highest BCUT2D eigenvalue weighted by molar-refractivity contribution is 5.45. The van der Waals surface area contributed by atoms with Crippen LogP contribution in [-0.2, 0) is 17.9 Å². The van der Waals surface area contributed by atoms with E-state index in [-0.39, 0.29) is 29.9 Å². The number of aromatic nitrogens is 3. The highest BCUT2D eigenvalue weighted by Crippen LogP contribution is 2.29. The highest BCUT2D eigenvalue weighted by Gasteiger charge is 2.30. The maximum atomic E-state index is 14.5. The van der Waals surface area contributed by atoms with Gasteiger partial charge < -0.3 is 19.1 Å². The Morgan fingerprint density at radius 3 is 2.75 bits per heavy atom. The van der Waals surface area contributed by atoms with Gasteiger partial charge in [0.05, 0.1) is 25.5 Å². The summed E-state index contributed by atoms with van der Waals surface area (Å²) >= 11 is 0. The molecule has 0 N–H and O–H groups in total. The molecule has 0 aliphatic carbocycles. The Morgan fingerprint density at radius 2 is 2.00 bits per heavy atom. The van der Waals surface area contributed by atoms with E-state index in [0.717, 1.165) is 17.8 Å². The van der Waals surface area contributed by atoms with Gasteiger partial charge in [-0.1, -0.05) is 0 Å². The van der Waals surface area contributed by atoms with Crippen molar-refractivity contribution in [1.82, 2.24) is 14.5 Å². The van der Waals surface area contributed by atoms with Crippen molar-refractivity contribution in [3.8, 4) is 17.4 Å². The molecule has 5 rings (SSSR count). The van der Waals surface area contributed by atoms with E-state index in [4.69, 9.17) is 14.2 Å². The van der Waals surface area contributed by atoms with E-state index in [1.54, 1.807) is 29.7 Å². The molecule has 10 heteroatoms. The first-order chi connectivity index (χ1) is 15.5. The molecule has 3 aromatic rings. The molecule has 1 fully saturated rings. The number of ether oxygens (including phenoxy) is 3. The first kappa shape index (κ1) is 20.4. The minimum absolute atomic E-state index is 0.0371. The van der Waals surface area contributed by atoms with Gasteiger partial charge in [-0.2, -0.15) is 4.98 Å². The molecule has 8 nitrogen and oxygen atoms in total. The third-order valence-corrected chi connectivity index (χ3v) is 5.36. The summed E-state index contributed by atoms with van der Waals surface area (Å²) in [6.45, 7) is 4.01. The van der Waals surface area contributed by atoms with Gasteiger partial charge >= 0.3 is 5.69 Å². The monoisotopic (exact) mass is 442 g/mol. The lowest BCUT2D eigenvalue weighted by molar-refractivity contribution is 0.0195. The normalized spacial score (nSPS) is 17.1. The summed E-state index contributed by atoms with van der Waals surface area (Å²) in [6.07, 6.45) is 1.35. The van der Waals surface area contributed by atoms with Crippen LogP contribution in [0.15, 0.2) is 41.3 Å². The average molecular weight is 442 g/mol. The van der Waals surface area contributed by atoms with Gasteiger partial charge in [0.25, 0.3) is 0 Å². The SMILES string of the molecule is Cc1ccc(Oc2c(F)cc(COc3cc4n(c(=O)n3)C[C@H]3CN4CCO3)cc2F)cn1. The zero-order valence-electron chi connectivity index (χ0n) is 17.3. The molecule has 166 valence electrons. The first-order valence-corrected chi connectivity index (χ1v) is 10.2. The number of nitrogens with zero attached hydrogens (tertiary/aromatic N) is 4. The fourth-order valence-corrected chi connectivity index (χ4v) is 3.81. The third-order valence-electron chi connectivity index (χ3n) is 5.36. The van der Waals surface area contributed by atoms with Crippen LogP contribution < -0.4 is 20.1 Å². The predicted octanol–water partition coefficient (Wildman–Crippen LogP) is 2.82. The summed E-state index contributed by atoms with van der Waals surface area (Å²) < 4.78 is 47.1. The van der Waals surface area contributed by atoms with Crippen molar-refractivity contribution in [2.75, 3.05) is 24.6 Å². The summed E-state index contributed by atoms with van der Waals surface area (Å²) in [4.78, 5) is 22.4. The second kappa shape index (κ2) is 8.19. The van der Waals surface area contributed by atoms with Crippen LogP contribution in [0.3, 0.4) is 0 Å². The summed E-state index contributed by atoms with van der Waals surface area (Å²) in [6, 6.07) is 7.17. The van der Waals surface area contributed by atoms with Crippen LogP contribution in [0.4, 0.5) is 14.6 Å². The number of anilines is 1. The van der Waals surface area contributed by atoms with Crippen molar-refractivity contribution in [2.45, 2.75) is 26.2 Å². The smallest absolute Gasteiger partial charge is 0.352 e. The molecule has 2 aliphatic heterocycles. The average Bonchev–Trinajstić information content (AvgIpc) is 2.77. The lowest BCUT2D eigenvalue weighted by Gasteiger charge is -2.40. The highest BCUT2D eigenvalue weighted by atomic mass is 19.1. The Bertz CT molecular complexity index is 1190. The molecular weight excluding hydrogens is 422 g/mol. The van der Waals surface area contributed by atoms with Crippen molar-refractivity contribution in [3.63, 3.8) is 0 Å². The molecule has 2 aliphatic rings. The lowest BCUT2D eigenvalue weighted by Crippen LogP contribution is -2.52. The zero-order chi connectivity index (χ0) is 22.2. The van der Waals surface area contributed by atoms with Crippen LogP contribution in [0.25, 0.3) is 0 Å². The summed E-state index contributed by atoms with van der Waals surface area (Å²) in [5.41, 5.74) is 0.542. The number of pyridine rings is 1. The van der Waals surface area contributed by atoms with E-state index in [0.29, 0.717) is 32.1 Å². The predicted molar refractivity (Wildman–Crippen MR) is 110 cm³/mol. The van der Waals surface area contributed by atoms with E-state index in [2.05, 4.69) is 9.97 Å². The number of fused-ring (bicyclic) bond motifs is 4. The Balaban J connectivity index is 1.32. The lowest BCUT2D eigenvalue weighted by atomic mass is 10.2. The van der Waals surface area contributed by atoms with Crippen molar-refractivity contribution < 1.29 is 23.0 Å². The maximum absolute atomic E-state index is 14.5. The van der Waals surface area contributed by atoms with Crippen LogP contribution in [0, 0.1) is 18.6 Å². The zero-order valence-corrected chi connectivity index (χ0v) is 17.3. The second-order valence-electron chi connectivity index (χ2n) is 7.70. The molecule has 0 saturated carbocycles. The van der Waals surface area contributed by atoms with E-state index < -0.39 is 23.1 Å². The van der Waals surface area contributed by atoms with Crippen LogP contribution in [-0.4, -0.2) is 40.3 Å². The molecule has 32 heavy (non-hydrogen) atoms. The topological polar surface area (TPSA) is 78.7 Å². The summed E-state index contributed by atoms with van der Waals surface area (Å²) in [5.74, 6) is -1.25. The van der Waals surface area contributed by atoms with Crippen LogP contribution in [0.2, 0.25) is 0 Å². The fraction of sp³-hybridized carbons (Fsp3) is 0.318. The van der Waals surface area contributed by atoms with Crippen molar-refractivity contribution in [3.05, 3.63) is 69.9 Å². The molecule has 0 amide bonds. The molecule has 0 radical (unpaired) electrons. The number of halogens is 2. The summed E-state index contributed by atoms with van der Waals surface area (Å²) in [5, 5.41) is 0. The number of morpholine rings is 1. The quantitative estimate of drug-likeness (QED) is 0.601. The van der Waals surface area contributed by atoms with E-state index in [1.807, 2.05) is 4.90 Å². The molecule has 4 heterocycles. The van der Waals surface area contributed by atoms with Crippen molar-refractivity contribution in [2.24, 2.45) is 0 Å². The molecule has 1 saturated heterocycles. The molecule has 0 spiro atoms. The number of aryl methyl sites for hydroxylation is 1. The Hall–Kier alpha value is -3.53. The van der Waals surface area contributed by atoms with E-state index in [1.165, 1.54) is 6.20 Å². The molecule has 0 unspecified atom stereocenters. The van der Waals surface area contributed by atoms with Gasteiger partial charge in [0, 0.05) is 24.8 Å². The van der Waals surface area contributed by atoms with Gasteiger partial charge in [0.1, 0.15) is 18.2 Å². The van der Waals surface area contributed by atoms with Crippen LogP contribution >= 0.6 is 0 Å². The maximum Gasteiger partial charge on any atom is 0.352 e. The molecule has 2 aromatic heterocycles. The Morgan fingerprint density at radius 1 is 1.19 bits per heavy atom. The molecule has 2 bridgehead atoms. The van der Waals surface area contributed by atoms with E-state index >= 15 is 0 Å². The van der Waals surface area contributed by atoms with Gasteiger partial charge in [-0.3, -0.25) is 9.55 Å². The molecular formula is C22H20F2N4O4. The molecule has 1 atom stereocenters. The number of rotatable bonds is 5.